The molecular weight excluding hydrogens is 356 g/mol. The predicted octanol–water partition coefficient (Wildman–Crippen LogP) is 3.76. The monoisotopic (exact) mass is 370 g/mol. The molecule has 0 atom stereocenters. The second-order valence-electron chi connectivity index (χ2n) is 5.10. The lowest BCUT2D eigenvalue weighted by atomic mass is 10.2. The largest absolute Gasteiger partial charge is 0.493 e. The number of nitro groups is 1. The standard InChI is InChI=1S/C17H14N4O4S/c1-2-25-14-9-4-3-8-13(14)15(22)18-17-20-19-16(26-17)11-6-5-7-12(10-11)21(23)24/h3-10H,2H2,1H3,(H,18,20,22). The van der Waals surface area contributed by atoms with E-state index in [-0.39, 0.29) is 11.6 Å². The smallest absolute Gasteiger partial charge is 0.270 e. The van der Waals surface area contributed by atoms with Crippen LogP contribution in [0.4, 0.5) is 10.8 Å². The Kier molecular flexibility index (Phi) is 5.18. The van der Waals surface area contributed by atoms with Crippen LogP contribution in [0.5, 0.6) is 5.75 Å². The fourth-order valence-corrected chi connectivity index (χ4v) is 2.98. The molecule has 0 aliphatic rings. The van der Waals surface area contributed by atoms with E-state index in [1.165, 1.54) is 12.1 Å². The Morgan fingerprint density at radius 1 is 1.23 bits per heavy atom. The maximum absolute atomic E-state index is 12.5. The molecule has 1 N–H and O–H groups in total. The van der Waals surface area contributed by atoms with Crippen LogP contribution < -0.4 is 10.1 Å². The van der Waals surface area contributed by atoms with E-state index >= 15 is 0 Å². The third-order valence-corrected chi connectivity index (χ3v) is 4.27. The van der Waals surface area contributed by atoms with Crippen LogP contribution >= 0.6 is 11.3 Å². The number of aromatic nitrogens is 2. The number of nitro benzene ring substituents is 1. The minimum absolute atomic E-state index is 0.0334. The lowest BCUT2D eigenvalue weighted by Gasteiger charge is -2.08. The Morgan fingerprint density at radius 2 is 2.04 bits per heavy atom. The number of benzene rings is 2. The zero-order valence-electron chi connectivity index (χ0n) is 13.7. The SMILES string of the molecule is CCOc1ccccc1C(=O)Nc1nnc(-c2cccc([N+](=O)[O-])c2)s1. The van der Waals surface area contributed by atoms with E-state index in [0.717, 1.165) is 11.3 Å². The molecule has 0 radical (unpaired) electrons. The summed E-state index contributed by atoms with van der Waals surface area (Å²) in [6, 6.07) is 13.0. The molecule has 0 unspecified atom stereocenters. The fraction of sp³-hybridized carbons (Fsp3) is 0.118. The van der Waals surface area contributed by atoms with E-state index in [1.54, 1.807) is 36.4 Å². The topological polar surface area (TPSA) is 107 Å². The molecule has 3 aromatic rings. The van der Waals surface area contributed by atoms with Gasteiger partial charge in [-0.15, -0.1) is 10.2 Å². The quantitative estimate of drug-likeness (QED) is 0.523. The first-order valence-corrected chi connectivity index (χ1v) is 8.51. The Labute approximate surface area is 152 Å². The van der Waals surface area contributed by atoms with Crippen LogP contribution in [0.1, 0.15) is 17.3 Å². The first kappa shape index (κ1) is 17.5. The van der Waals surface area contributed by atoms with Crippen molar-refractivity contribution in [3.63, 3.8) is 0 Å². The zero-order valence-corrected chi connectivity index (χ0v) is 14.5. The van der Waals surface area contributed by atoms with Crippen molar-refractivity contribution in [2.45, 2.75) is 6.92 Å². The average molecular weight is 370 g/mol. The number of anilines is 1. The van der Waals surface area contributed by atoms with Gasteiger partial charge in [-0.1, -0.05) is 35.6 Å². The molecule has 0 aliphatic carbocycles. The van der Waals surface area contributed by atoms with Crippen molar-refractivity contribution in [3.8, 4) is 16.3 Å². The molecule has 0 spiro atoms. The summed E-state index contributed by atoms with van der Waals surface area (Å²) >= 11 is 1.13. The van der Waals surface area contributed by atoms with Crippen molar-refractivity contribution in [3.05, 3.63) is 64.2 Å². The minimum Gasteiger partial charge on any atom is -0.493 e. The molecule has 1 amide bonds. The molecule has 9 heteroatoms. The van der Waals surface area contributed by atoms with Crippen LogP contribution in [0.25, 0.3) is 10.6 Å². The van der Waals surface area contributed by atoms with Crippen molar-refractivity contribution in [2.75, 3.05) is 11.9 Å². The number of para-hydroxylation sites is 1. The number of hydrogen-bond donors (Lipinski definition) is 1. The van der Waals surface area contributed by atoms with Gasteiger partial charge in [0.15, 0.2) is 0 Å². The maximum atomic E-state index is 12.5. The Balaban J connectivity index is 1.80. The highest BCUT2D eigenvalue weighted by Gasteiger charge is 2.16. The summed E-state index contributed by atoms with van der Waals surface area (Å²) < 4.78 is 5.45. The summed E-state index contributed by atoms with van der Waals surface area (Å²) in [7, 11) is 0. The van der Waals surface area contributed by atoms with Gasteiger partial charge in [-0.3, -0.25) is 20.2 Å². The van der Waals surface area contributed by atoms with Crippen LogP contribution in [0, 0.1) is 10.1 Å². The zero-order chi connectivity index (χ0) is 18.5. The number of carbonyl (C=O) groups excluding carboxylic acids is 1. The van der Waals surface area contributed by atoms with Gasteiger partial charge in [0.05, 0.1) is 17.1 Å². The summed E-state index contributed by atoms with van der Waals surface area (Å²) in [6.45, 7) is 2.28. The number of carbonyl (C=O) groups is 1. The molecule has 1 aromatic heterocycles. The van der Waals surface area contributed by atoms with E-state index in [4.69, 9.17) is 4.74 Å². The summed E-state index contributed by atoms with van der Waals surface area (Å²) in [5, 5.41) is 22.3. The van der Waals surface area contributed by atoms with Gasteiger partial charge < -0.3 is 4.74 Å². The first-order chi connectivity index (χ1) is 12.6. The number of ether oxygens (including phenoxy) is 1. The fourth-order valence-electron chi connectivity index (χ4n) is 2.24. The second kappa shape index (κ2) is 7.70. The molecule has 132 valence electrons. The Hall–Kier alpha value is -3.33. The summed E-state index contributed by atoms with van der Waals surface area (Å²) in [5.41, 5.74) is 0.919. The number of rotatable bonds is 6. The van der Waals surface area contributed by atoms with E-state index in [1.807, 2.05) is 6.92 Å². The van der Waals surface area contributed by atoms with Gasteiger partial charge in [0.25, 0.3) is 11.6 Å². The first-order valence-electron chi connectivity index (χ1n) is 7.70. The summed E-state index contributed by atoms with van der Waals surface area (Å²) in [6.07, 6.45) is 0. The Bertz CT molecular complexity index is 957. The highest BCUT2D eigenvalue weighted by Crippen LogP contribution is 2.29. The minimum atomic E-state index is -0.474. The predicted molar refractivity (Wildman–Crippen MR) is 97.6 cm³/mol. The Morgan fingerprint density at radius 3 is 2.81 bits per heavy atom. The van der Waals surface area contributed by atoms with Crippen molar-refractivity contribution >= 4 is 28.1 Å². The third kappa shape index (κ3) is 3.83. The van der Waals surface area contributed by atoms with Crippen molar-refractivity contribution in [1.82, 2.24) is 10.2 Å². The van der Waals surface area contributed by atoms with Crippen LogP contribution in [-0.2, 0) is 0 Å². The number of non-ortho nitro benzene ring substituents is 1. The third-order valence-electron chi connectivity index (χ3n) is 3.38. The van der Waals surface area contributed by atoms with Crippen LogP contribution in [0.2, 0.25) is 0 Å². The van der Waals surface area contributed by atoms with Gasteiger partial charge in [-0.2, -0.15) is 0 Å². The molecule has 3 rings (SSSR count). The van der Waals surface area contributed by atoms with E-state index in [0.29, 0.717) is 33.6 Å². The van der Waals surface area contributed by atoms with Crippen molar-refractivity contribution in [2.24, 2.45) is 0 Å². The number of nitrogens with zero attached hydrogens (tertiary/aromatic N) is 3. The number of hydrogen-bond acceptors (Lipinski definition) is 7. The molecule has 0 saturated carbocycles. The second-order valence-corrected chi connectivity index (χ2v) is 6.08. The lowest BCUT2D eigenvalue weighted by Crippen LogP contribution is -2.13. The van der Waals surface area contributed by atoms with E-state index in [2.05, 4.69) is 15.5 Å². The van der Waals surface area contributed by atoms with Gasteiger partial charge in [-0.05, 0) is 19.1 Å². The highest BCUT2D eigenvalue weighted by atomic mass is 32.1. The summed E-state index contributed by atoms with van der Waals surface area (Å²) in [5.74, 6) is 0.117. The van der Waals surface area contributed by atoms with Crippen LogP contribution in [0.15, 0.2) is 48.5 Å². The molecule has 0 saturated heterocycles. The molecule has 8 nitrogen and oxygen atoms in total. The van der Waals surface area contributed by atoms with Gasteiger partial charge in [0.1, 0.15) is 10.8 Å². The molecule has 0 aliphatic heterocycles. The van der Waals surface area contributed by atoms with Gasteiger partial charge in [-0.25, -0.2) is 0 Å². The number of amides is 1. The maximum Gasteiger partial charge on any atom is 0.270 e. The van der Waals surface area contributed by atoms with Crippen molar-refractivity contribution in [1.29, 1.82) is 0 Å². The molecule has 0 fully saturated rings. The normalized spacial score (nSPS) is 10.3. The molecule has 0 bridgehead atoms. The van der Waals surface area contributed by atoms with E-state index in [9.17, 15) is 14.9 Å². The van der Waals surface area contributed by atoms with Gasteiger partial charge in [0.2, 0.25) is 5.13 Å². The van der Waals surface area contributed by atoms with Crippen LogP contribution in [-0.4, -0.2) is 27.6 Å². The van der Waals surface area contributed by atoms with Gasteiger partial charge >= 0.3 is 0 Å². The lowest BCUT2D eigenvalue weighted by molar-refractivity contribution is -0.384. The number of nitrogens with one attached hydrogen (secondary N) is 1. The molecule has 1 heterocycles. The molecule has 2 aromatic carbocycles. The van der Waals surface area contributed by atoms with Crippen molar-refractivity contribution < 1.29 is 14.5 Å². The van der Waals surface area contributed by atoms with Crippen LogP contribution in [0.3, 0.4) is 0 Å². The highest BCUT2D eigenvalue weighted by molar-refractivity contribution is 7.18. The van der Waals surface area contributed by atoms with Gasteiger partial charge in [0, 0.05) is 17.7 Å². The molecule has 26 heavy (non-hydrogen) atoms. The molecular formula is C17H14N4O4S. The summed E-state index contributed by atoms with van der Waals surface area (Å²) in [4.78, 5) is 22.9. The van der Waals surface area contributed by atoms with E-state index < -0.39 is 4.92 Å². The average Bonchev–Trinajstić information content (AvgIpc) is 3.11.